The van der Waals surface area contributed by atoms with Crippen molar-refractivity contribution in [1.29, 1.82) is 0 Å². The Morgan fingerprint density at radius 2 is 1.79 bits per heavy atom. The van der Waals surface area contributed by atoms with Gasteiger partial charge in [-0.3, -0.25) is 15.0 Å². The summed E-state index contributed by atoms with van der Waals surface area (Å²) in [5.74, 6) is 0. The van der Waals surface area contributed by atoms with Gasteiger partial charge < -0.3 is 0 Å². The highest BCUT2D eigenvalue weighted by atomic mass is 14.8. The topological polar surface area (TPSA) is 38.7 Å². The monoisotopic (exact) mass is 185 g/mol. The average molecular weight is 185 g/mol. The van der Waals surface area contributed by atoms with E-state index in [1.54, 1.807) is 12.4 Å². The normalized spacial score (nSPS) is 10.1. The SMILES string of the molecule is Cc1cncc(-c2nccnc2C)c1. The molecule has 0 amide bonds. The zero-order valence-corrected chi connectivity index (χ0v) is 8.23. The van der Waals surface area contributed by atoms with Gasteiger partial charge in [-0.1, -0.05) is 0 Å². The summed E-state index contributed by atoms with van der Waals surface area (Å²) in [6.45, 7) is 3.97. The van der Waals surface area contributed by atoms with Gasteiger partial charge >= 0.3 is 0 Å². The van der Waals surface area contributed by atoms with Crippen LogP contribution < -0.4 is 0 Å². The molecule has 3 heteroatoms. The van der Waals surface area contributed by atoms with Crippen LogP contribution in [0.25, 0.3) is 11.3 Å². The van der Waals surface area contributed by atoms with E-state index in [1.165, 1.54) is 0 Å². The smallest absolute Gasteiger partial charge is 0.0929 e. The summed E-state index contributed by atoms with van der Waals surface area (Å²) < 4.78 is 0. The number of hydrogen-bond acceptors (Lipinski definition) is 3. The first-order chi connectivity index (χ1) is 6.77. The van der Waals surface area contributed by atoms with E-state index >= 15 is 0 Å². The lowest BCUT2D eigenvalue weighted by Crippen LogP contribution is -1.91. The van der Waals surface area contributed by atoms with Crippen LogP contribution in [0.5, 0.6) is 0 Å². The van der Waals surface area contributed by atoms with E-state index in [2.05, 4.69) is 21.0 Å². The first-order valence-electron chi connectivity index (χ1n) is 4.47. The molecule has 2 heterocycles. The van der Waals surface area contributed by atoms with Gasteiger partial charge in [0.2, 0.25) is 0 Å². The first kappa shape index (κ1) is 8.81. The van der Waals surface area contributed by atoms with Gasteiger partial charge in [0.15, 0.2) is 0 Å². The number of pyridine rings is 1. The van der Waals surface area contributed by atoms with E-state index in [9.17, 15) is 0 Å². The molecular weight excluding hydrogens is 174 g/mol. The molecule has 14 heavy (non-hydrogen) atoms. The lowest BCUT2D eigenvalue weighted by Gasteiger charge is -2.03. The molecule has 2 aromatic heterocycles. The molecule has 70 valence electrons. The minimum absolute atomic E-state index is 0.906. The quantitative estimate of drug-likeness (QED) is 0.683. The van der Waals surface area contributed by atoms with Crippen molar-refractivity contribution in [2.45, 2.75) is 13.8 Å². The molecule has 2 aromatic rings. The van der Waals surface area contributed by atoms with Crippen LogP contribution in [-0.2, 0) is 0 Å². The molecule has 0 aromatic carbocycles. The Hall–Kier alpha value is -1.77. The minimum atomic E-state index is 0.906. The Morgan fingerprint density at radius 1 is 1.00 bits per heavy atom. The summed E-state index contributed by atoms with van der Waals surface area (Å²) in [6.07, 6.45) is 7.03. The molecule has 0 unspecified atom stereocenters. The number of rotatable bonds is 1. The van der Waals surface area contributed by atoms with Crippen LogP contribution in [0.15, 0.2) is 30.9 Å². The molecule has 0 bridgehead atoms. The van der Waals surface area contributed by atoms with Gasteiger partial charge in [0.05, 0.1) is 11.4 Å². The predicted molar refractivity (Wildman–Crippen MR) is 54.7 cm³/mol. The van der Waals surface area contributed by atoms with Crippen LogP contribution in [0.2, 0.25) is 0 Å². The van der Waals surface area contributed by atoms with Gasteiger partial charge in [-0.2, -0.15) is 0 Å². The Bertz CT molecular complexity index is 452. The lowest BCUT2D eigenvalue weighted by atomic mass is 10.1. The van der Waals surface area contributed by atoms with Crippen molar-refractivity contribution in [3.05, 3.63) is 42.1 Å². The van der Waals surface area contributed by atoms with Gasteiger partial charge in [0, 0.05) is 30.4 Å². The van der Waals surface area contributed by atoms with Crippen LogP contribution in [0.4, 0.5) is 0 Å². The Labute approximate surface area is 82.9 Å². The molecule has 0 aliphatic carbocycles. The third kappa shape index (κ3) is 1.62. The van der Waals surface area contributed by atoms with Crippen LogP contribution in [0, 0.1) is 13.8 Å². The fourth-order valence-electron chi connectivity index (χ4n) is 1.38. The molecule has 0 aliphatic rings. The van der Waals surface area contributed by atoms with Gasteiger partial charge in [0.25, 0.3) is 0 Å². The summed E-state index contributed by atoms with van der Waals surface area (Å²) in [5, 5.41) is 0. The van der Waals surface area contributed by atoms with E-state index in [1.807, 2.05) is 26.2 Å². The van der Waals surface area contributed by atoms with E-state index in [-0.39, 0.29) is 0 Å². The van der Waals surface area contributed by atoms with Crippen molar-refractivity contribution in [1.82, 2.24) is 15.0 Å². The van der Waals surface area contributed by atoms with Gasteiger partial charge in [-0.05, 0) is 25.5 Å². The van der Waals surface area contributed by atoms with Crippen molar-refractivity contribution in [2.24, 2.45) is 0 Å². The summed E-state index contributed by atoms with van der Waals surface area (Å²) in [6, 6.07) is 2.06. The molecule has 0 fully saturated rings. The fourth-order valence-corrected chi connectivity index (χ4v) is 1.38. The van der Waals surface area contributed by atoms with Gasteiger partial charge in [-0.15, -0.1) is 0 Å². The maximum atomic E-state index is 4.29. The third-order valence-electron chi connectivity index (χ3n) is 2.03. The molecule has 0 spiro atoms. The number of aromatic nitrogens is 3. The van der Waals surface area contributed by atoms with Crippen molar-refractivity contribution < 1.29 is 0 Å². The zero-order valence-electron chi connectivity index (χ0n) is 8.23. The van der Waals surface area contributed by atoms with Crippen molar-refractivity contribution in [3.63, 3.8) is 0 Å². The van der Waals surface area contributed by atoms with Crippen LogP contribution in [0.3, 0.4) is 0 Å². The third-order valence-corrected chi connectivity index (χ3v) is 2.03. The lowest BCUT2D eigenvalue weighted by molar-refractivity contribution is 1.12. The highest BCUT2D eigenvalue weighted by Gasteiger charge is 2.03. The number of aryl methyl sites for hydroxylation is 2. The van der Waals surface area contributed by atoms with Crippen LogP contribution in [-0.4, -0.2) is 15.0 Å². The minimum Gasteiger partial charge on any atom is -0.264 e. The first-order valence-corrected chi connectivity index (χ1v) is 4.47. The predicted octanol–water partition coefficient (Wildman–Crippen LogP) is 2.16. The number of nitrogens with zero attached hydrogens (tertiary/aromatic N) is 3. The molecule has 3 nitrogen and oxygen atoms in total. The Kier molecular flexibility index (Phi) is 2.23. The molecule has 0 atom stereocenters. The van der Waals surface area contributed by atoms with Gasteiger partial charge in [0.1, 0.15) is 0 Å². The van der Waals surface area contributed by atoms with Crippen molar-refractivity contribution in [2.75, 3.05) is 0 Å². The molecular formula is C11H11N3. The second kappa shape index (κ2) is 3.54. The summed E-state index contributed by atoms with van der Waals surface area (Å²) >= 11 is 0. The zero-order chi connectivity index (χ0) is 9.97. The van der Waals surface area contributed by atoms with E-state index in [0.717, 1.165) is 22.5 Å². The van der Waals surface area contributed by atoms with Crippen LogP contribution >= 0.6 is 0 Å². The van der Waals surface area contributed by atoms with Crippen LogP contribution in [0.1, 0.15) is 11.3 Å². The Balaban J connectivity index is 2.55. The maximum absolute atomic E-state index is 4.29. The molecule has 0 aliphatic heterocycles. The van der Waals surface area contributed by atoms with E-state index in [4.69, 9.17) is 0 Å². The molecule has 2 rings (SSSR count). The summed E-state index contributed by atoms with van der Waals surface area (Å²) in [7, 11) is 0. The maximum Gasteiger partial charge on any atom is 0.0929 e. The molecule has 0 saturated carbocycles. The largest absolute Gasteiger partial charge is 0.264 e. The van der Waals surface area contributed by atoms with E-state index in [0.29, 0.717) is 0 Å². The fraction of sp³-hybridized carbons (Fsp3) is 0.182. The highest BCUT2D eigenvalue weighted by Crippen LogP contribution is 2.18. The summed E-state index contributed by atoms with van der Waals surface area (Å²) in [4.78, 5) is 12.6. The average Bonchev–Trinajstić information content (AvgIpc) is 2.18. The van der Waals surface area contributed by atoms with Crippen molar-refractivity contribution >= 4 is 0 Å². The molecule has 0 radical (unpaired) electrons. The van der Waals surface area contributed by atoms with Crippen molar-refractivity contribution in [3.8, 4) is 11.3 Å². The standard InChI is InChI=1S/C11H11N3/c1-8-5-10(7-12-6-8)11-9(2)13-3-4-14-11/h3-7H,1-2H3. The number of hydrogen-bond donors (Lipinski definition) is 0. The second-order valence-electron chi connectivity index (χ2n) is 3.24. The highest BCUT2D eigenvalue weighted by molar-refractivity contribution is 5.60. The molecule has 0 saturated heterocycles. The Morgan fingerprint density at radius 3 is 2.50 bits per heavy atom. The molecule has 0 N–H and O–H groups in total. The van der Waals surface area contributed by atoms with Gasteiger partial charge in [-0.25, -0.2) is 0 Å². The van der Waals surface area contributed by atoms with E-state index < -0.39 is 0 Å². The second-order valence-corrected chi connectivity index (χ2v) is 3.24. The summed E-state index contributed by atoms with van der Waals surface area (Å²) in [5.41, 5.74) is 3.99.